The number of H-pyrrole nitrogens is 1. The number of nitrogens with one attached hydrogen (secondary N) is 2. The van der Waals surface area contributed by atoms with Crippen LogP contribution in [0, 0.1) is 0 Å². The highest BCUT2D eigenvalue weighted by Gasteiger charge is 2.24. The van der Waals surface area contributed by atoms with E-state index < -0.39 is 0 Å². The Morgan fingerprint density at radius 3 is 2.07 bits per heavy atom. The molecule has 0 aliphatic heterocycles. The topological polar surface area (TPSA) is 44.9 Å². The summed E-state index contributed by atoms with van der Waals surface area (Å²) in [4.78, 5) is 16.5. The largest absolute Gasteiger partial charge is 0.361 e. The summed E-state index contributed by atoms with van der Waals surface area (Å²) in [5.74, 6) is -0.280. The lowest BCUT2D eigenvalue weighted by Gasteiger charge is -2.21. The van der Waals surface area contributed by atoms with E-state index in [4.69, 9.17) is 0 Å². The van der Waals surface area contributed by atoms with Gasteiger partial charge < -0.3 is 10.3 Å². The van der Waals surface area contributed by atoms with E-state index in [-0.39, 0.29) is 17.9 Å². The number of hydrogen-bond donors (Lipinski definition) is 2. The fourth-order valence-corrected chi connectivity index (χ4v) is 3.79. The minimum atomic E-state index is -0.312. The fourth-order valence-electron chi connectivity index (χ4n) is 3.79. The Balaban J connectivity index is 1.54. The van der Waals surface area contributed by atoms with Crippen molar-refractivity contribution in [2.24, 2.45) is 0 Å². The van der Waals surface area contributed by atoms with Crippen LogP contribution in [-0.2, 0) is 11.2 Å². The van der Waals surface area contributed by atoms with Crippen molar-refractivity contribution in [2.75, 3.05) is 0 Å². The molecule has 0 saturated carbocycles. The lowest BCUT2D eigenvalue weighted by atomic mass is 9.90. The summed E-state index contributed by atoms with van der Waals surface area (Å²) < 4.78 is 0. The lowest BCUT2D eigenvalue weighted by molar-refractivity contribution is -0.122. The van der Waals surface area contributed by atoms with Gasteiger partial charge in [-0.05, 0) is 36.1 Å². The highest BCUT2D eigenvalue weighted by atomic mass is 16.1. The zero-order valence-electron chi connectivity index (χ0n) is 15.9. The van der Waals surface area contributed by atoms with Crippen LogP contribution in [-0.4, -0.2) is 16.9 Å². The van der Waals surface area contributed by atoms with Crippen molar-refractivity contribution < 1.29 is 4.79 Å². The van der Waals surface area contributed by atoms with Crippen molar-refractivity contribution >= 4 is 16.8 Å². The SMILES string of the molecule is CC(Cc1c[nH]c2ccccc12)NC(=O)C(c1ccccc1)c1ccccc1. The van der Waals surface area contributed by atoms with Gasteiger partial charge in [-0.1, -0.05) is 78.9 Å². The standard InChI is InChI=1S/C25H24N2O/c1-18(16-21-17-26-23-15-9-8-14-22(21)23)27-25(28)24(19-10-4-2-5-11-19)20-12-6-3-7-13-20/h2-15,17-18,24,26H,16H2,1H3,(H,27,28). The molecule has 0 bridgehead atoms. The Labute approximate surface area is 165 Å². The average Bonchev–Trinajstić information content (AvgIpc) is 3.12. The van der Waals surface area contributed by atoms with Crippen molar-refractivity contribution in [3.63, 3.8) is 0 Å². The van der Waals surface area contributed by atoms with Crippen LogP contribution in [0.2, 0.25) is 0 Å². The number of aromatic nitrogens is 1. The molecule has 1 atom stereocenters. The highest BCUT2D eigenvalue weighted by Crippen LogP contribution is 2.25. The van der Waals surface area contributed by atoms with Crippen LogP contribution in [0.3, 0.4) is 0 Å². The number of fused-ring (bicyclic) bond motifs is 1. The number of para-hydroxylation sites is 1. The van der Waals surface area contributed by atoms with Gasteiger partial charge in [-0.25, -0.2) is 0 Å². The second-order valence-corrected chi connectivity index (χ2v) is 7.23. The van der Waals surface area contributed by atoms with Gasteiger partial charge in [0.15, 0.2) is 0 Å². The Hall–Kier alpha value is -3.33. The third kappa shape index (κ3) is 3.84. The van der Waals surface area contributed by atoms with Crippen LogP contribution in [0.5, 0.6) is 0 Å². The summed E-state index contributed by atoms with van der Waals surface area (Å²) in [7, 11) is 0. The summed E-state index contributed by atoms with van der Waals surface area (Å²) in [5, 5.41) is 4.44. The molecule has 4 aromatic rings. The summed E-state index contributed by atoms with van der Waals surface area (Å²) in [6.45, 7) is 2.06. The summed E-state index contributed by atoms with van der Waals surface area (Å²) in [6, 6.07) is 28.2. The minimum Gasteiger partial charge on any atom is -0.361 e. The van der Waals surface area contributed by atoms with Crippen LogP contribution in [0.25, 0.3) is 10.9 Å². The molecule has 4 rings (SSSR count). The predicted molar refractivity (Wildman–Crippen MR) is 114 cm³/mol. The molecule has 1 heterocycles. The molecule has 1 unspecified atom stereocenters. The van der Waals surface area contributed by atoms with Gasteiger partial charge in [-0.2, -0.15) is 0 Å². The van der Waals surface area contributed by atoms with Crippen LogP contribution in [0.1, 0.15) is 29.5 Å². The number of carbonyl (C=O) groups is 1. The molecule has 1 aromatic heterocycles. The number of aromatic amines is 1. The Bertz CT molecular complexity index is 1010. The van der Waals surface area contributed by atoms with Crippen LogP contribution in [0.4, 0.5) is 0 Å². The fraction of sp³-hybridized carbons (Fsp3) is 0.160. The van der Waals surface area contributed by atoms with Gasteiger partial charge in [0, 0.05) is 23.1 Å². The van der Waals surface area contributed by atoms with Crippen molar-refractivity contribution in [1.82, 2.24) is 10.3 Å². The number of hydrogen-bond acceptors (Lipinski definition) is 1. The van der Waals surface area contributed by atoms with Gasteiger partial charge in [-0.3, -0.25) is 4.79 Å². The van der Waals surface area contributed by atoms with Gasteiger partial charge in [-0.15, -0.1) is 0 Å². The second kappa shape index (κ2) is 8.13. The molecule has 3 aromatic carbocycles. The van der Waals surface area contributed by atoms with E-state index in [1.807, 2.05) is 79.0 Å². The first kappa shape index (κ1) is 18.1. The first-order valence-electron chi connectivity index (χ1n) is 9.67. The molecule has 0 radical (unpaired) electrons. The molecule has 0 saturated heterocycles. The Morgan fingerprint density at radius 1 is 0.857 bits per heavy atom. The Kier molecular flexibility index (Phi) is 5.24. The zero-order valence-corrected chi connectivity index (χ0v) is 15.9. The van der Waals surface area contributed by atoms with E-state index in [1.54, 1.807) is 0 Å². The Morgan fingerprint density at radius 2 is 1.43 bits per heavy atom. The van der Waals surface area contributed by atoms with Gasteiger partial charge in [0.25, 0.3) is 0 Å². The second-order valence-electron chi connectivity index (χ2n) is 7.23. The van der Waals surface area contributed by atoms with Crippen LogP contribution >= 0.6 is 0 Å². The number of carbonyl (C=O) groups excluding carboxylic acids is 1. The summed E-state index contributed by atoms with van der Waals surface area (Å²) in [5.41, 5.74) is 4.36. The number of benzene rings is 3. The maximum Gasteiger partial charge on any atom is 0.232 e. The van der Waals surface area contributed by atoms with Gasteiger partial charge >= 0.3 is 0 Å². The van der Waals surface area contributed by atoms with E-state index >= 15 is 0 Å². The number of amides is 1. The van der Waals surface area contributed by atoms with Gasteiger partial charge in [0.2, 0.25) is 5.91 Å². The smallest absolute Gasteiger partial charge is 0.232 e. The molecular formula is C25H24N2O. The lowest BCUT2D eigenvalue weighted by Crippen LogP contribution is -2.37. The third-order valence-corrected chi connectivity index (χ3v) is 5.12. The summed E-state index contributed by atoms with van der Waals surface area (Å²) >= 11 is 0. The predicted octanol–water partition coefficient (Wildman–Crippen LogP) is 5.05. The first-order chi connectivity index (χ1) is 13.7. The maximum atomic E-state index is 13.2. The van der Waals surface area contributed by atoms with Crippen molar-refractivity contribution in [1.29, 1.82) is 0 Å². The molecule has 3 heteroatoms. The minimum absolute atomic E-state index is 0.0293. The molecule has 3 nitrogen and oxygen atoms in total. The van der Waals surface area contributed by atoms with Crippen LogP contribution < -0.4 is 5.32 Å². The monoisotopic (exact) mass is 368 g/mol. The molecule has 2 N–H and O–H groups in total. The summed E-state index contributed by atoms with van der Waals surface area (Å²) in [6.07, 6.45) is 2.82. The van der Waals surface area contributed by atoms with E-state index in [9.17, 15) is 4.79 Å². The van der Waals surface area contributed by atoms with E-state index in [1.165, 1.54) is 10.9 Å². The first-order valence-corrected chi connectivity index (χ1v) is 9.67. The molecule has 0 aliphatic carbocycles. The van der Waals surface area contributed by atoms with Crippen molar-refractivity contribution in [3.8, 4) is 0 Å². The molecule has 0 aliphatic rings. The van der Waals surface area contributed by atoms with E-state index in [0.717, 1.165) is 23.1 Å². The number of rotatable bonds is 6. The molecular weight excluding hydrogens is 344 g/mol. The van der Waals surface area contributed by atoms with Gasteiger partial charge in [0.05, 0.1) is 5.92 Å². The highest BCUT2D eigenvalue weighted by molar-refractivity contribution is 5.87. The quantitative estimate of drug-likeness (QED) is 0.492. The van der Waals surface area contributed by atoms with Crippen LogP contribution in [0.15, 0.2) is 91.1 Å². The third-order valence-electron chi connectivity index (χ3n) is 5.12. The molecule has 28 heavy (non-hydrogen) atoms. The molecule has 0 spiro atoms. The maximum absolute atomic E-state index is 13.2. The van der Waals surface area contributed by atoms with Crippen molar-refractivity contribution in [2.45, 2.75) is 25.3 Å². The normalized spacial score (nSPS) is 12.2. The molecule has 140 valence electrons. The van der Waals surface area contributed by atoms with E-state index in [0.29, 0.717) is 0 Å². The van der Waals surface area contributed by atoms with Gasteiger partial charge in [0.1, 0.15) is 0 Å². The van der Waals surface area contributed by atoms with Crippen molar-refractivity contribution in [3.05, 3.63) is 108 Å². The molecule has 0 fully saturated rings. The molecule has 1 amide bonds. The average molecular weight is 368 g/mol. The van der Waals surface area contributed by atoms with E-state index in [2.05, 4.69) is 29.4 Å². The zero-order chi connectivity index (χ0) is 19.3.